The number of hydrogen-bond acceptors (Lipinski definition) is 4. The highest BCUT2D eigenvalue weighted by Crippen LogP contribution is 2.29. The number of nitrogen functional groups attached to an aromatic ring is 1. The van der Waals surface area contributed by atoms with E-state index >= 15 is 0 Å². The zero-order valence-corrected chi connectivity index (χ0v) is 13.0. The maximum atomic E-state index is 6.33. The molecule has 5 nitrogen and oxygen atoms in total. The van der Waals surface area contributed by atoms with Crippen LogP contribution < -0.4 is 11.1 Å². The number of rotatable bonds is 4. The Labute approximate surface area is 139 Å². The molecule has 2 heterocycles. The number of aromatic nitrogens is 3. The fourth-order valence-corrected chi connectivity index (χ4v) is 2.69. The maximum Gasteiger partial charge on any atom is 0.140 e. The third-order valence-electron chi connectivity index (χ3n) is 3.96. The van der Waals surface area contributed by atoms with Crippen LogP contribution in [0.4, 0.5) is 11.4 Å². The van der Waals surface area contributed by atoms with Gasteiger partial charge in [-0.2, -0.15) is 0 Å². The molecular formula is C19H17N5. The Bertz CT molecular complexity index is 961. The molecule has 0 unspecified atom stereocenters. The van der Waals surface area contributed by atoms with E-state index in [9.17, 15) is 0 Å². The van der Waals surface area contributed by atoms with Crippen LogP contribution in [0.1, 0.15) is 5.56 Å². The van der Waals surface area contributed by atoms with Gasteiger partial charge in [0.1, 0.15) is 5.82 Å². The van der Waals surface area contributed by atoms with E-state index in [1.165, 1.54) is 5.56 Å². The highest BCUT2D eigenvalue weighted by atomic mass is 15.0. The van der Waals surface area contributed by atoms with Crippen molar-refractivity contribution in [2.24, 2.45) is 0 Å². The number of aromatic amines is 1. The summed E-state index contributed by atoms with van der Waals surface area (Å²) in [7, 11) is 0. The minimum Gasteiger partial charge on any atom is -0.395 e. The van der Waals surface area contributed by atoms with Gasteiger partial charge < -0.3 is 16.0 Å². The molecule has 0 aliphatic carbocycles. The predicted molar refractivity (Wildman–Crippen MR) is 97.5 cm³/mol. The maximum absolute atomic E-state index is 6.33. The van der Waals surface area contributed by atoms with Crippen molar-refractivity contribution in [3.05, 3.63) is 72.6 Å². The van der Waals surface area contributed by atoms with E-state index in [1.54, 1.807) is 12.4 Å². The number of benzene rings is 2. The van der Waals surface area contributed by atoms with Gasteiger partial charge in [-0.25, -0.2) is 4.98 Å². The number of nitrogens with zero attached hydrogens (tertiary/aromatic N) is 2. The molecule has 0 saturated carbocycles. The fraction of sp³-hybridized carbons (Fsp3) is 0.0526. The Morgan fingerprint density at radius 3 is 2.67 bits per heavy atom. The van der Waals surface area contributed by atoms with E-state index in [4.69, 9.17) is 5.73 Å². The molecule has 118 valence electrons. The standard InChI is InChI=1S/C19H17N5/c20-17-15(22-11-13-5-2-1-3-6-13)8-9-16-18(17)24-19(23-16)14-7-4-10-21-12-14/h1-10,12,22H,11,20H2,(H,23,24). The molecule has 0 spiro atoms. The van der Waals surface area contributed by atoms with Gasteiger partial charge in [-0.1, -0.05) is 30.3 Å². The van der Waals surface area contributed by atoms with Crippen LogP contribution >= 0.6 is 0 Å². The summed E-state index contributed by atoms with van der Waals surface area (Å²) >= 11 is 0. The number of H-pyrrole nitrogens is 1. The summed E-state index contributed by atoms with van der Waals surface area (Å²) < 4.78 is 0. The number of nitrogens with one attached hydrogen (secondary N) is 2. The first kappa shape index (κ1) is 14.3. The highest BCUT2D eigenvalue weighted by Gasteiger charge is 2.10. The second-order valence-electron chi connectivity index (χ2n) is 5.59. The van der Waals surface area contributed by atoms with Crippen LogP contribution in [0.25, 0.3) is 22.4 Å². The van der Waals surface area contributed by atoms with Crippen LogP contribution in [0.5, 0.6) is 0 Å². The summed E-state index contributed by atoms with van der Waals surface area (Å²) in [6, 6.07) is 18.0. The molecular weight excluding hydrogens is 298 g/mol. The van der Waals surface area contributed by atoms with E-state index in [1.807, 2.05) is 42.5 Å². The van der Waals surface area contributed by atoms with Crippen LogP contribution in [0.2, 0.25) is 0 Å². The average molecular weight is 315 g/mol. The fourth-order valence-electron chi connectivity index (χ4n) is 2.69. The Balaban J connectivity index is 1.65. The largest absolute Gasteiger partial charge is 0.395 e. The number of nitrogens with two attached hydrogens (primary N) is 1. The molecule has 4 N–H and O–H groups in total. The lowest BCUT2D eigenvalue weighted by Gasteiger charge is -2.09. The summed E-state index contributed by atoms with van der Waals surface area (Å²) in [5.41, 5.74) is 11.7. The summed E-state index contributed by atoms with van der Waals surface area (Å²) in [6.45, 7) is 0.722. The van der Waals surface area contributed by atoms with Gasteiger partial charge in [0.15, 0.2) is 0 Å². The molecule has 2 aromatic heterocycles. The second-order valence-corrected chi connectivity index (χ2v) is 5.59. The molecule has 0 bridgehead atoms. The summed E-state index contributed by atoms with van der Waals surface area (Å²) in [5, 5.41) is 3.39. The third-order valence-corrected chi connectivity index (χ3v) is 3.96. The second kappa shape index (κ2) is 6.04. The van der Waals surface area contributed by atoms with E-state index in [0.29, 0.717) is 5.69 Å². The van der Waals surface area contributed by atoms with Crippen molar-refractivity contribution in [2.45, 2.75) is 6.54 Å². The topological polar surface area (TPSA) is 79.6 Å². The van der Waals surface area contributed by atoms with Crippen molar-refractivity contribution in [2.75, 3.05) is 11.1 Å². The molecule has 0 amide bonds. The highest BCUT2D eigenvalue weighted by molar-refractivity contribution is 5.95. The molecule has 0 aliphatic heterocycles. The quantitative estimate of drug-likeness (QED) is 0.500. The lowest BCUT2D eigenvalue weighted by Crippen LogP contribution is -2.02. The van der Waals surface area contributed by atoms with Crippen molar-refractivity contribution in [1.29, 1.82) is 0 Å². The molecule has 0 saturated heterocycles. The van der Waals surface area contributed by atoms with Gasteiger partial charge >= 0.3 is 0 Å². The zero-order valence-electron chi connectivity index (χ0n) is 13.0. The van der Waals surface area contributed by atoms with Crippen molar-refractivity contribution in [3.8, 4) is 11.4 Å². The van der Waals surface area contributed by atoms with Crippen molar-refractivity contribution in [3.63, 3.8) is 0 Å². The SMILES string of the molecule is Nc1c(NCc2ccccc2)ccc2nc(-c3cccnc3)[nH]c12. The number of hydrogen-bond donors (Lipinski definition) is 3. The first-order valence-corrected chi connectivity index (χ1v) is 7.77. The molecule has 0 aliphatic rings. The van der Waals surface area contributed by atoms with Crippen molar-refractivity contribution >= 4 is 22.4 Å². The number of pyridine rings is 1. The smallest absolute Gasteiger partial charge is 0.140 e. The van der Waals surface area contributed by atoms with Gasteiger partial charge in [-0.05, 0) is 29.8 Å². The van der Waals surface area contributed by atoms with Crippen LogP contribution in [-0.4, -0.2) is 15.0 Å². The van der Waals surface area contributed by atoms with Crippen molar-refractivity contribution in [1.82, 2.24) is 15.0 Å². The number of imidazole rings is 1. The number of fused-ring (bicyclic) bond motifs is 1. The normalized spacial score (nSPS) is 10.8. The van der Waals surface area contributed by atoms with Gasteiger partial charge in [0.25, 0.3) is 0 Å². The van der Waals surface area contributed by atoms with E-state index in [0.717, 1.165) is 34.7 Å². The lowest BCUT2D eigenvalue weighted by molar-refractivity contribution is 1.15. The van der Waals surface area contributed by atoms with Gasteiger partial charge in [-0.15, -0.1) is 0 Å². The summed E-state index contributed by atoms with van der Waals surface area (Å²) in [6.07, 6.45) is 3.52. The van der Waals surface area contributed by atoms with Crippen LogP contribution in [0, 0.1) is 0 Å². The van der Waals surface area contributed by atoms with E-state index in [-0.39, 0.29) is 0 Å². The minimum atomic E-state index is 0.672. The van der Waals surface area contributed by atoms with Gasteiger partial charge in [-0.3, -0.25) is 4.98 Å². The van der Waals surface area contributed by atoms with Gasteiger partial charge in [0, 0.05) is 24.5 Å². The molecule has 0 fully saturated rings. The summed E-state index contributed by atoms with van der Waals surface area (Å²) in [5.74, 6) is 0.769. The lowest BCUT2D eigenvalue weighted by atomic mass is 10.2. The first-order valence-electron chi connectivity index (χ1n) is 7.77. The Kier molecular flexibility index (Phi) is 3.59. The predicted octanol–water partition coefficient (Wildman–Crippen LogP) is 3.82. The molecule has 0 radical (unpaired) electrons. The number of anilines is 2. The molecule has 0 atom stereocenters. The Hall–Kier alpha value is -3.34. The Morgan fingerprint density at radius 1 is 1.00 bits per heavy atom. The van der Waals surface area contributed by atoms with Crippen LogP contribution in [0.3, 0.4) is 0 Å². The van der Waals surface area contributed by atoms with E-state index < -0.39 is 0 Å². The van der Waals surface area contributed by atoms with E-state index in [2.05, 4.69) is 32.4 Å². The average Bonchev–Trinajstić information content (AvgIpc) is 3.08. The minimum absolute atomic E-state index is 0.672. The van der Waals surface area contributed by atoms with Crippen LogP contribution in [0.15, 0.2) is 67.0 Å². The molecule has 4 aromatic rings. The molecule has 2 aromatic carbocycles. The molecule has 4 rings (SSSR count). The third kappa shape index (κ3) is 2.67. The van der Waals surface area contributed by atoms with Crippen molar-refractivity contribution < 1.29 is 0 Å². The Morgan fingerprint density at radius 2 is 1.88 bits per heavy atom. The first-order chi connectivity index (χ1) is 11.8. The monoisotopic (exact) mass is 315 g/mol. The molecule has 24 heavy (non-hydrogen) atoms. The van der Waals surface area contributed by atoms with Gasteiger partial charge in [0.2, 0.25) is 0 Å². The zero-order chi connectivity index (χ0) is 16.4. The van der Waals surface area contributed by atoms with Gasteiger partial charge in [0.05, 0.1) is 22.4 Å². The van der Waals surface area contributed by atoms with Crippen LogP contribution in [-0.2, 0) is 6.54 Å². The molecule has 5 heteroatoms. The summed E-state index contributed by atoms with van der Waals surface area (Å²) in [4.78, 5) is 12.0.